The lowest BCUT2D eigenvalue weighted by Crippen LogP contribution is -2.56. The van der Waals surface area contributed by atoms with Crippen LogP contribution in [0.15, 0.2) is 18.2 Å². The van der Waals surface area contributed by atoms with Crippen LogP contribution in [-0.4, -0.2) is 71.1 Å². The van der Waals surface area contributed by atoms with Gasteiger partial charge in [-0.25, -0.2) is 14.8 Å². The molecule has 2 amide bonds. The van der Waals surface area contributed by atoms with Crippen LogP contribution < -0.4 is 14.8 Å². The Morgan fingerprint density at radius 2 is 1.81 bits per heavy atom. The van der Waals surface area contributed by atoms with Crippen molar-refractivity contribution in [2.75, 3.05) is 13.7 Å². The highest BCUT2D eigenvalue weighted by Crippen LogP contribution is 2.65. The quantitative estimate of drug-likeness (QED) is 0.413. The molecule has 47 heavy (non-hydrogen) atoms. The first-order valence-electron chi connectivity index (χ1n) is 16.9. The Balaban J connectivity index is 1.31. The number of aldehydes is 1. The van der Waals surface area contributed by atoms with Gasteiger partial charge < -0.3 is 29.2 Å². The second-order valence-corrected chi connectivity index (χ2v) is 15.6. The second-order valence-electron chi connectivity index (χ2n) is 15.6. The summed E-state index contributed by atoms with van der Waals surface area (Å²) in [6.07, 6.45) is 2.90. The van der Waals surface area contributed by atoms with E-state index in [1.54, 1.807) is 25.1 Å². The zero-order valence-corrected chi connectivity index (χ0v) is 27.6. The molecule has 1 aromatic heterocycles. The number of nitrogens with zero attached hydrogens (tertiary/aromatic N) is 3. The average molecular weight is 655 g/mol. The van der Waals surface area contributed by atoms with Crippen molar-refractivity contribution in [1.29, 1.82) is 0 Å². The number of alkyl carbamates (subject to hydrolysis) is 1. The third kappa shape index (κ3) is 5.49. The molecule has 254 valence electrons. The minimum Gasteiger partial charge on any atom is -0.497 e. The summed E-state index contributed by atoms with van der Waals surface area (Å²) < 4.78 is 51.4. The topological polar surface area (TPSA) is 120 Å². The number of ether oxygens (including phenoxy) is 3. The van der Waals surface area contributed by atoms with E-state index >= 15 is 8.78 Å². The summed E-state index contributed by atoms with van der Waals surface area (Å²) in [6, 6.07) is 2.97. The maximum atomic E-state index is 16.9. The number of hydrogen-bond acceptors (Lipinski definition) is 8. The fourth-order valence-corrected chi connectivity index (χ4v) is 8.39. The Kier molecular flexibility index (Phi) is 7.67. The minimum atomic E-state index is -3.35. The zero-order chi connectivity index (χ0) is 33.5. The molecule has 2 aromatic rings. The van der Waals surface area contributed by atoms with E-state index in [9.17, 15) is 14.4 Å². The van der Waals surface area contributed by atoms with Crippen molar-refractivity contribution in [3.63, 3.8) is 0 Å². The summed E-state index contributed by atoms with van der Waals surface area (Å²) in [5.74, 6) is -3.19. The molecule has 3 saturated carbocycles. The van der Waals surface area contributed by atoms with E-state index in [0.717, 1.165) is 12.8 Å². The van der Waals surface area contributed by atoms with Crippen molar-refractivity contribution in [1.82, 2.24) is 20.2 Å². The number of halogens is 2. The predicted octanol–water partition coefficient (Wildman–Crippen LogP) is 5.65. The normalized spacial score (nSPS) is 34.6. The first-order valence-corrected chi connectivity index (χ1v) is 16.9. The fraction of sp³-hybridized carbons (Fsp3) is 0.686. The molecule has 5 aliphatic rings. The van der Waals surface area contributed by atoms with Crippen LogP contribution in [-0.2, 0) is 20.2 Å². The molecular formula is C35H44F2N4O6. The van der Waals surface area contributed by atoms with Gasteiger partial charge in [-0.3, -0.25) is 4.79 Å². The van der Waals surface area contributed by atoms with Crippen molar-refractivity contribution in [2.24, 2.45) is 34.5 Å². The summed E-state index contributed by atoms with van der Waals surface area (Å²) in [5, 5.41) is 2.83. The first kappa shape index (κ1) is 32.0. The van der Waals surface area contributed by atoms with Crippen LogP contribution in [0.4, 0.5) is 13.6 Å². The number of carbonyl (C=O) groups is 3. The maximum absolute atomic E-state index is 16.9. The summed E-state index contributed by atoms with van der Waals surface area (Å²) in [7, 11) is 1.51. The second kappa shape index (κ2) is 11.3. The van der Waals surface area contributed by atoms with E-state index in [1.165, 1.54) is 12.0 Å². The van der Waals surface area contributed by atoms with Crippen molar-refractivity contribution >= 4 is 29.3 Å². The molecule has 3 aliphatic carbocycles. The van der Waals surface area contributed by atoms with E-state index in [-0.39, 0.29) is 24.4 Å². The summed E-state index contributed by atoms with van der Waals surface area (Å²) >= 11 is 0. The Labute approximate surface area is 273 Å². The molecule has 1 saturated heterocycles. The molecule has 1 aromatic carbocycles. The van der Waals surface area contributed by atoms with Gasteiger partial charge in [0, 0.05) is 17.4 Å². The van der Waals surface area contributed by atoms with Gasteiger partial charge in [0.15, 0.2) is 5.69 Å². The lowest BCUT2D eigenvalue weighted by Gasteiger charge is -2.35. The van der Waals surface area contributed by atoms with Crippen molar-refractivity contribution < 1.29 is 37.4 Å². The highest BCUT2D eigenvalue weighted by Gasteiger charge is 2.65. The van der Waals surface area contributed by atoms with Crippen LogP contribution in [0.3, 0.4) is 0 Å². The van der Waals surface area contributed by atoms with E-state index < -0.39 is 58.6 Å². The van der Waals surface area contributed by atoms with Gasteiger partial charge in [0.2, 0.25) is 11.8 Å². The molecule has 3 heterocycles. The number of nitrogens with one attached hydrogen (secondary N) is 1. The maximum Gasteiger partial charge on any atom is 0.408 e. The first-order chi connectivity index (χ1) is 22.3. The number of alkyl halides is 2. The van der Waals surface area contributed by atoms with E-state index in [1.807, 2.05) is 20.8 Å². The van der Waals surface area contributed by atoms with E-state index in [0.29, 0.717) is 67.0 Å². The molecule has 2 bridgehead atoms. The number of fused-ring (bicyclic) bond motifs is 7. The Hall–Kier alpha value is -3.57. The number of hydrogen-bond donors (Lipinski definition) is 1. The van der Waals surface area contributed by atoms with E-state index in [2.05, 4.69) is 15.3 Å². The van der Waals surface area contributed by atoms with Crippen LogP contribution >= 0.6 is 0 Å². The highest BCUT2D eigenvalue weighted by atomic mass is 19.3. The predicted molar refractivity (Wildman–Crippen MR) is 167 cm³/mol. The number of amides is 2. The minimum absolute atomic E-state index is 0.0608. The van der Waals surface area contributed by atoms with Gasteiger partial charge in [0.1, 0.15) is 30.3 Å². The fourth-order valence-electron chi connectivity index (χ4n) is 8.39. The largest absolute Gasteiger partial charge is 0.497 e. The SMILES string of the molecule is COc1ccc2nc3c(nc2c1)O[C@H]1CN(C(=O)[C@H](C(C)(C)C)NC(=O)O[C@@H]2CC4CC4[C@H]2CCCC2(CC2)C3(F)F)[C@H](C=O)[C@@H]1C. The Bertz CT molecular complexity index is 1590. The number of benzene rings is 1. The Morgan fingerprint density at radius 1 is 1.04 bits per heavy atom. The van der Waals surface area contributed by atoms with Gasteiger partial charge in [-0.05, 0) is 73.8 Å². The molecule has 4 fully saturated rings. The molecule has 0 radical (unpaired) electrons. The van der Waals surface area contributed by atoms with Gasteiger partial charge in [-0.2, -0.15) is 8.78 Å². The lowest BCUT2D eigenvalue weighted by atomic mass is 9.85. The van der Waals surface area contributed by atoms with Crippen LogP contribution in [0, 0.1) is 34.5 Å². The molecule has 1 N–H and O–H groups in total. The van der Waals surface area contributed by atoms with Crippen LogP contribution in [0.5, 0.6) is 11.6 Å². The lowest BCUT2D eigenvalue weighted by molar-refractivity contribution is -0.139. The molecule has 1 spiro atoms. The van der Waals surface area contributed by atoms with Gasteiger partial charge >= 0.3 is 12.0 Å². The molecular weight excluding hydrogens is 610 g/mol. The molecule has 2 unspecified atom stereocenters. The summed E-state index contributed by atoms with van der Waals surface area (Å²) in [4.78, 5) is 50.4. The van der Waals surface area contributed by atoms with Crippen molar-refractivity contribution in [3.05, 3.63) is 23.9 Å². The zero-order valence-electron chi connectivity index (χ0n) is 27.6. The number of aromatic nitrogens is 2. The van der Waals surface area contributed by atoms with Gasteiger partial charge in [-0.1, -0.05) is 34.1 Å². The molecule has 10 nitrogen and oxygen atoms in total. The number of carbonyl (C=O) groups excluding carboxylic acids is 3. The van der Waals surface area contributed by atoms with Crippen LogP contribution in [0.2, 0.25) is 0 Å². The third-order valence-electron chi connectivity index (χ3n) is 11.6. The number of methoxy groups -OCH3 is 1. The van der Waals surface area contributed by atoms with Crippen molar-refractivity contribution in [2.45, 2.75) is 103 Å². The van der Waals surface area contributed by atoms with Crippen LogP contribution in [0.25, 0.3) is 11.0 Å². The average Bonchev–Trinajstić information content (AvgIpc) is 3.93. The Morgan fingerprint density at radius 3 is 2.49 bits per heavy atom. The van der Waals surface area contributed by atoms with Crippen molar-refractivity contribution in [3.8, 4) is 11.6 Å². The summed E-state index contributed by atoms with van der Waals surface area (Å²) in [5.41, 5.74) is -1.89. The smallest absolute Gasteiger partial charge is 0.408 e. The number of rotatable bonds is 2. The standard InChI is InChI=1S/C35H44F2N4O6/c1-18-25(17-42)41-16-27(18)46-30-28(38-23-9-8-20(45-5)15-24(23)39-30)35(36,37)34(11-12-34)10-6-7-21-22-13-19(22)14-26(21)47-32(44)40-29(31(41)43)33(2,3)4/h8-9,15,17-19,21-22,25-27,29H,6-7,10-14,16H2,1-5H3,(H,40,44)/t18-,19?,21+,22?,25+,26+,27-,29+/m0/s1. The summed E-state index contributed by atoms with van der Waals surface area (Å²) in [6.45, 7) is 7.19. The third-order valence-corrected chi connectivity index (χ3v) is 11.6. The monoisotopic (exact) mass is 654 g/mol. The molecule has 2 aliphatic heterocycles. The van der Waals surface area contributed by atoms with Gasteiger partial charge in [0.05, 0.1) is 30.7 Å². The van der Waals surface area contributed by atoms with Crippen LogP contribution in [0.1, 0.15) is 78.3 Å². The molecule has 7 rings (SSSR count). The molecule has 8 atom stereocenters. The van der Waals surface area contributed by atoms with E-state index in [4.69, 9.17) is 14.2 Å². The highest BCUT2D eigenvalue weighted by molar-refractivity contribution is 5.89. The molecule has 12 heteroatoms. The van der Waals surface area contributed by atoms with Gasteiger partial charge in [0.25, 0.3) is 0 Å². The van der Waals surface area contributed by atoms with Gasteiger partial charge in [-0.15, -0.1) is 0 Å².